The van der Waals surface area contributed by atoms with E-state index in [0.717, 1.165) is 11.8 Å². The number of carbonyl (C=O) groups is 1. The second-order valence-electron chi connectivity index (χ2n) is 4.03. The molecule has 0 spiro atoms. The molecule has 2 heteroatoms. The van der Waals surface area contributed by atoms with Crippen molar-refractivity contribution in [3.8, 4) is 0 Å². The fourth-order valence-corrected chi connectivity index (χ4v) is 1.76. The maximum Gasteiger partial charge on any atom is 0.302 e. The molecule has 0 aromatic carbocycles. The van der Waals surface area contributed by atoms with Crippen LogP contribution in [-0.2, 0) is 9.53 Å². The zero-order valence-electron chi connectivity index (χ0n) is 8.67. The zero-order chi connectivity index (χ0) is 9.84. The van der Waals surface area contributed by atoms with E-state index in [1.54, 1.807) is 0 Å². The van der Waals surface area contributed by atoms with Crippen molar-refractivity contribution in [3.05, 3.63) is 11.6 Å². The highest BCUT2D eigenvalue weighted by Gasteiger charge is 2.22. The first kappa shape index (κ1) is 10.3. The van der Waals surface area contributed by atoms with Gasteiger partial charge >= 0.3 is 5.97 Å². The van der Waals surface area contributed by atoms with Crippen LogP contribution in [0, 0.1) is 11.8 Å². The first-order valence-electron chi connectivity index (χ1n) is 4.91. The van der Waals surface area contributed by atoms with Gasteiger partial charge in [-0.25, -0.2) is 0 Å². The van der Waals surface area contributed by atoms with Crippen molar-refractivity contribution in [2.24, 2.45) is 11.8 Å². The Bertz CT molecular complexity index is 206. The molecule has 0 aromatic heterocycles. The SMILES string of the molecule is CC(=O)OCC=C1C[C@@H](C)[C@H](C)C1. The molecule has 0 amide bonds. The lowest BCUT2D eigenvalue weighted by Gasteiger charge is -2.04. The summed E-state index contributed by atoms with van der Waals surface area (Å²) in [6, 6.07) is 0. The second-order valence-corrected chi connectivity index (χ2v) is 4.03. The van der Waals surface area contributed by atoms with Crippen molar-refractivity contribution in [2.45, 2.75) is 33.6 Å². The number of allylic oxidation sites excluding steroid dienone is 1. The van der Waals surface area contributed by atoms with Gasteiger partial charge in [0.15, 0.2) is 0 Å². The lowest BCUT2D eigenvalue weighted by atomic mass is 10.0. The van der Waals surface area contributed by atoms with E-state index >= 15 is 0 Å². The summed E-state index contributed by atoms with van der Waals surface area (Å²) in [5.74, 6) is 1.36. The van der Waals surface area contributed by atoms with Gasteiger partial charge in [0, 0.05) is 6.92 Å². The molecule has 0 radical (unpaired) electrons. The summed E-state index contributed by atoms with van der Waals surface area (Å²) in [5, 5.41) is 0. The van der Waals surface area contributed by atoms with Crippen LogP contribution in [0.2, 0.25) is 0 Å². The third kappa shape index (κ3) is 3.21. The first-order chi connectivity index (χ1) is 6.09. The van der Waals surface area contributed by atoms with Crippen molar-refractivity contribution < 1.29 is 9.53 Å². The smallest absolute Gasteiger partial charge is 0.302 e. The van der Waals surface area contributed by atoms with E-state index in [1.807, 2.05) is 0 Å². The fraction of sp³-hybridized carbons (Fsp3) is 0.727. The Morgan fingerprint density at radius 3 is 2.46 bits per heavy atom. The van der Waals surface area contributed by atoms with Crippen LogP contribution in [0.1, 0.15) is 33.6 Å². The van der Waals surface area contributed by atoms with Crippen LogP contribution in [0.3, 0.4) is 0 Å². The van der Waals surface area contributed by atoms with E-state index in [4.69, 9.17) is 4.74 Å². The molecule has 2 nitrogen and oxygen atoms in total. The Morgan fingerprint density at radius 1 is 1.46 bits per heavy atom. The van der Waals surface area contributed by atoms with Gasteiger partial charge in [-0.3, -0.25) is 4.79 Å². The molecule has 0 heterocycles. The molecule has 0 bridgehead atoms. The van der Waals surface area contributed by atoms with Crippen LogP contribution in [0.15, 0.2) is 11.6 Å². The summed E-state index contributed by atoms with van der Waals surface area (Å²) in [6.07, 6.45) is 4.40. The van der Waals surface area contributed by atoms with Crippen molar-refractivity contribution in [1.29, 1.82) is 0 Å². The van der Waals surface area contributed by atoms with E-state index in [-0.39, 0.29) is 5.97 Å². The number of esters is 1. The van der Waals surface area contributed by atoms with E-state index in [2.05, 4.69) is 19.9 Å². The highest BCUT2D eigenvalue weighted by atomic mass is 16.5. The van der Waals surface area contributed by atoms with Crippen molar-refractivity contribution in [1.82, 2.24) is 0 Å². The molecule has 13 heavy (non-hydrogen) atoms. The number of ether oxygens (including phenoxy) is 1. The number of hydrogen-bond donors (Lipinski definition) is 0. The molecule has 74 valence electrons. The second kappa shape index (κ2) is 4.45. The van der Waals surface area contributed by atoms with Crippen LogP contribution in [0.25, 0.3) is 0 Å². The predicted molar refractivity (Wildman–Crippen MR) is 52.3 cm³/mol. The van der Waals surface area contributed by atoms with Gasteiger partial charge in [0.1, 0.15) is 6.61 Å². The lowest BCUT2D eigenvalue weighted by molar-refractivity contribution is -0.139. The van der Waals surface area contributed by atoms with Gasteiger partial charge < -0.3 is 4.74 Å². The van der Waals surface area contributed by atoms with Gasteiger partial charge in [-0.2, -0.15) is 0 Å². The number of rotatable bonds is 2. The summed E-state index contributed by atoms with van der Waals surface area (Å²) < 4.78 is 4.86. The maximum absolute atomic E-state index is 10.5. The summed E-state index contributed by atoms with van der Waals surface area (Å²) in [5.41, 5.74) is 1.45. The maximum atomic E-state index is 10.5. The minimum Gasteiger partial charge on any atom is -0.462 e. The molecule has 1 rings (SSSR count). The third-order valence-corrected chi connectivity index (χ3v) is 2.80. The molecule has 0 unspecified atom stereocenters. The summed E-state index contributed by atoms with van der Waals surface area (Å²) in [6.45, 7) is 6.44. The van der Waals surface area contributed by atoms with Crippen LogP contribution in [-0.4, -0.2) is 12.6 Å². The molecule has 0 aromatic rings. The Hall–Kier alpha value is -0.790. The van der Waals surface area contributed by atoms with E-state index in [0.29, 0.717) is 6.61 Å². The largest absolute Gasteiger partial charge is 0.462 e. The summed E-state index contributed by atoms with van der Waals surface area (Å²) in [4.78, 5) is 10.5. The van der Waals surface area contributed by atoms with Gasteiger partial charge in [0.25, 0.3) is 0 Å². The first-order valence-corrected chi connectivity index (χ1v) is 4.91. The van der Waals surface area contributed by atoms with Gasteiger partial charge in [0.05, 0.1) is 0 Å². The Morgan fingerprint density at radius 2 is 2.00 bits per heavy atom. The predicted octanol–water partition coefficient (Wildman–Crippen LogP) is 2.54. The lowest BCUT2D eigenvalue weighted by Crippen LogP contribution is -1.98. The topological polar surface area (TPSA) is 26.3 Å². The van der Waals surface area contributed by atoms with Gasteiger partial charge in [-0.15, -0.1) is 0 Å². The minimum atomic E-state index is -0.198. The average molecular weight is 182 g/mol. The quantitative estimate of drug-likeness (QED) is 0.484. The standard InChI is InChI=1S/C11H18O2/c1-8-6-11(7-9(8)2)4-5-13-10(3)12/h4,8-9H,5-7H2,1-3H3/t8-,9-/m1/s1. The molecular weight excluding hydrogens is 164 g/mol. The summed E-state index contributed by atoms with van der Waals surface area (Å²) in [7, 11) is 0. The molecule has 1 aliphatic carbocycles. The highest BCUT2D eigenvalue weighted by Crippen LogP contribution is 2.34. The van der Waals surface area contributed by atoms with E-state index in [9.17, 15) is 4.79 Å². The van der Waals surface area contributed by atoms with Crippen LogP contribution in [0.4, 0.5) is 0 Å². The molecule has 0 aliphatic heterocycles. The van der Waals surface area contributed by atoms with Crippen molar-refractivity contribution in [2.75, 3.05) is 6.61 Å². The zero-order valence-corrected chi connectivity index (χ0v) is 8.67. The molecular formula is C11H18O2. The molecule has 0 N–H and O–H groups in total. The Kier molecular flexibility index (Phi) is 3.52. The Balaban J connectivity index is 2.33. The molecule has 1 aliphatic rings. The van der Waals surface area contributed by atoms with Crippen LogP contribution in [0.5, 0.6) is 0 Å². The van der Waals surface area contributed by atoms with Crippen molar-refractivity contribution >= 4 is 5.97 Å². The van der Waals surface area contributed by atoms with Crippen molar-refractivity contribution in [3.63, 3.8) is 0 Å². The number of carbonyl (C=O) groups excluding carboxylic acids is 1. The van der Waals surface area contributed by atoms with Crippen LogP contribution < -0.4 is 0 Å². The van der Waals surface area contributed by atoms with Gasteiger partial charge in [-0.1, -0.05) is 19.4 Å². The fourth-order valence-electron chi connectivity index (χ4n) is 1.76. The molecule has 1 saturated carbocycles. The minimum absolute atomic E-state index is 0.198. The number of hydrogen-bond acceptors (Lipinski definition) is 2. The molecule has 2 atom stereocenters. The van der Waals surface area contributed by atoms with Gasteiger partial charge in [-0.05, 0) is 30.8 Å². The average Bonchev–Trinajstić information content (AvgIpc) is 2.30. The third-order valence-electron chi connectivity index (χ3n) is 2.80. The summed E-state index contributed by atoms with van der Waals surface area (Å²) >= 11 is 0. The van der Waals surface area contributed by atoms with Crippen LogP contribution >= 0.6 is 0 Å². The Labute approximate surface area is 80.0 Å². The normalized spacial score (nSPS) is 27.5. The monoisotopic (exact) mass is 182 g/mol. The van der Waals surface area contributed by atoms with E-state index in [1.165, 1.54) is 25.3 Å². The van der Waals surface area contributed by atoms with E-state index < -0.39 is 0 Å². The highest BCUT2D eigenvalue weighted by molar-refractivity contribution is 5.66. The molecule has 0 saturated heterocycles. The van der Waals surface area contributed by atoms with Gasteiger partial charge in [0.2, 0.25) is 0 Å². The molecule has 1 fully saturated rings.